The number of amides is 1. The Bertz CT molecular complexity index is 964. The summed E-state index contributed by atoms with van der Waals surface area (Å²) in [5.74, 6) is 2.00. The molecule has 7 N–H and O–H groups in total. The molecule has 1 aromatic carbocycles. The Kier molecular flexibility index (Phi) is 11.4. The van der Waals surface area contributed by atoms with Crippen molar-refractivity contribution in [3.8, 4) is 17.2 Å². The van der Waals surface area contributed by atoms with Gasteiger partial charge in [0.25, 0.3) is 0 Å². The number of carbonyl (C=O) groups excluding carboxylic acids is 1. The van der Waals surface area contributed by atoms with Crippen molar-refractivity contribution in [2.24, 2.45) is 0 Å². The van der Waals surface area contributed by atoms with E-state index in [1.807, 2.05) is 4.90 Å². The second-order valence-corrected chi connectivity index (χ2v) is 7.79. The number of nitrogens with zero attached hydrogens (tertiary/aromatic N) is 4. The highest BCUT2D eigenvalue weighted by Crippen LogP contribution is 2.44. The number of halogens is 1. The molecule has 13 nitrogen and oxygen atoms in total. The standard InChI is InChI=1S/C20H29N5O6.ClH.2H2O/c1-20(2,27)11-31-19(26)25-8-6-24(7-9-25)18-22-14-12(17(21)23-18)10-13(28-3)15(29-4)16(14)30-5;;;/h10,27H,6-9,11H2,1-5H3,(H2,21,22,23);1H;2*1H2. The first-order valence-corrected chi connectivity index (χ1v) is 9.83. The monoisotopic (exact) mass is 507 g/mol. The Balaban J connectivity index is 0.00000363. The number of nitrogen functional groups attached to an aromatic ring is 1. The first-order chi connectivity index (χ1) is 14.7. The minimum atomic E-state index is -1.07. The highest BCUT2D eigenvalue weighted by atomic mass is 35.5. The van der Waals surface area contributed by atoms with E-state index in [-0.39, 0.29) is 35.8 Å². The summed E-state index contributed by atoms with van der Waals surface area (Å²) in [5, 5.41) is 10.3. The number of ether oxygens (including phenoxy) is 4. The van der Waals surface area contributed by atoms with Crippen LogP contribution in [0.3, 0.4) is 0 Å². The highest BCUT2D eigenvalue weighted by molar-refractivity contribution is 5.97. The normalized spacial score (nSPS) is 13.2. The summed E-state index contributed by atoms with van der Waals surface area (Å²) < 4.78 is 21.5. The number of hydrogen-bond donors (Lipinski definition) is 2. The van der Waals surface area contributed by atoms with Gasteiger partial charge in [0.05, 0.1) is 32.3 Å². The largest absolute Gasteiger partial charge is 0.493 e. The van der Waals surface area contributed by atoms with Gasteiger partial charge < -0.3 is 50.5 Å². The van der Waals surface area contributed by atoms with Gasteiger partial charge in [0, 0.05) is 26.2 Å². The zero-order chi connectivity index (χ0) is 22.8. The molecule has 1 aliphatic heterocycles. The summed E-state index contributed by atoms with van der Waals surface area (Å²) in [7, 11) is 4.57. The Morgan fingerprint density at radius 1 is 1.06 bits per heavy atom. The van der Waals surface area contributed by atoms with Gasteiger partial charge in [-0.3, -0.25) is 0 Å². The van der Waals surface area contributed by atoms with Gasteiger partial charge in [-0.25, -0.2) is 9.78 Å². The van der Waals surface area contributed by atoms with Crippen molar-refractivity contribution in [1.29, 1.82) is 0 Å². The lowest BCUT2D eigenvalue weighted by molar-refractivity contribution is -0.00415. The quantitative estimate of drug-likeness (QED) is 0.538. The fourth-order valence-electron chi connectivity index (χ4n) is 3.30. The van der Waals surface area contributed by atoms with Gasteiger partial charge in [-0.1, -0.05) is 0 Å². The van der Waals surface area contributed by atoms with Gasteiger partial charge in [0.2, 0.25) is 11.7 Å². The van der Waals surface area contributed by atoms with Crippen LogP contribution in [0.1, 0.15) is 13.8 Å². The summed E-state index contributed by atoms with van der Waals surface area (Å²) >= 11 is 0. The molecule has 0 unspecified atom stereocenters. The van der Waals surface area contributed by atoms with Crippen molar-refractivity contribution < 1.29 is 39.8 Å². The number of nitrogens with two attached hydrogens (primary N) is 1. The summed E-state index contributed by atoms with van der Waals surface area (Å²) in [5.41, 5.74) is 5.66. The summed E-state index contributed by atoms with van der Waals surface area (Å²) in [6.45, 7) is 4.94. The van der Waals surface area contributed by atoms with Crippen molar-refractivity contribution in [2.45, 2.75) is 19.4 Å². The number of fused-ring (bicyclic) bond motifs is 1. The molecule has 3 rings (SSSR count). The third kappa shape index (κ3) is 6.53. The van der Waals surface area contributed by atoms with Gasteiger partial charge in [-0.2, -0.15) is 4.98 Å². The van der Waals surface area contributed by atoms with Gasteiger partial charge in [-0.05, 0) is 19.9 Å². The van der Waals surface area contributed by atoms with Crippen molar-refractivity contribution >= 4 is 41.2 Å². The molecule has 1 amide bonds. The van der Waals surface area contributed by atoms with Crippen LogP contribution in [0.15, 0.2) is 6.07 Å². The van der Waals surface area contributed by atoms with Crippen LogP contribution in [-0.4, -0.2) is 96.7 Å². The highest BCUT2D eigenvalue weighted by Gasteiger charge is 2.27. The maximum Gasteiger partial charge on any atom is 0.409 e. The first-order valence-electron chi connectivity index (χ1n) is 9.83. The number of aliphatic hydroxyl groups is 1. The molecule has 0 aliphatic carbocycles. The molecule has 1 saturated heterocycles. The lowest BCUT2D eigenvalue weighted by Gasteiger charge is -2.34. The van der Waals surface area contributed by atoms with Crippen molar-refractivity contribution in [2.75, 3.05) is 64.7 Å². The average molecular weight is 508 g/mol. The minimum absolute atomic E-state index is 0. The van der Waals surface area contributed by atoms with E-state index in [1.165, 1.54) is 21.3 Å². The predicted octanol–water partition coefficient (Wildman–Crippen LogP) is 0.0397. The fourth-order valence-corrected chi connectivity index (χ4v) is 3.30. The zero-order valence-corrected chi connectivity index (χ0v) is 20.7. The Labute approximate surface area is 203 Å². The number of carbonyl (C=O) groups is 1. The van der Waals surface area contributed by atoms with Gasteiger partial charge in [0.1, 0.15) is 17.9 Å². The van der Waals surface area contributed by atoms with E-state index in [1.54, 1.807) is 24.8 Å². The number of piperazine rings is 1. The first kappa shape index (κ1) is 31.0. The number of rotatable bonds is 6. The van der Waals surface area contributed by atoms with Gasteiger partial charge >= 0.3 is 6.09 Å². The number of anilines is 2. The van der Waals surface area contributed by atoms with Crippen LogP contribution < -0.4 is 24.8 Å². The molecule has 0 atom stereocenters. The zero-order valence-electron chi connectivity index (χ0n) is 19.9. The molecule has 34 heavy (non-hydrogen) atoms. The summed E-state index contributed by atoms with van der Waals surface area (Å²) in [6.07, 6.45) is -0.459. The Morgan fingerprint density at radius 3 is 2.15 bits per heavy atom. The Morgan fingerprint density at radius 2 is 1.65 bits per heavy atom. The van der Waals surface area contributed by atoms with Crippen LogP contribution in [0, 0.1) is 0 Å². The van der Waals surface area contributed by atoms with Crippen molar-refractivity contribution in [1.82, 2.24) is 14.9 Å². The smallest absolute Gasteiger partial charge is 0.409 e. The molecule has 2 aromatic rings. The topological polar surface area (TPSA) is 196 Å². The van der Waals surface area contributed by atoms with Crippen LogP contribution in [0.2, 0.25) is 0 Å². The number of hydrogen-bond acceptors (Lipinski definition) is 10. The average Bonchev–Trinajstić information content (AvgIpc) is 2.75. The van der Waals surface area contributed by atoms with Gasteiger partial charge in [0.15, 0.2) is 11.5 Å². The predicted molar refractivity (Wildman–Crippen MR) is 130 cm³/mol. The molecule has 2 heterocycles. The van der Waals surface area contributed by atoms with E-state index in [4.69, 9.17) is 24.7 Å². The molecule has 0 saturated carbocycles. The van der Waals surface area contributed by atoms with E-state index in [9.17, 15) is 9.90 Å². The second kappa shape index (κ2) is 12.5. The van der Waals surface area contributed by atoms with E-state index in [2.05, 4.69) is 9.97 Å². The maximum atomic E-state index is 12.2. The SMILES string of the molecule is COc1cc2c(N)nc(N3CCN(C(=O)OCC(C)(C)O)CC3)nc2c(OC)c1OC.Cl.O.O. The fraction of sp³-hybridized carbons (Fsp3) is 0.550. The van der Waals surface area contributed by atoms with Crippen LogP contribution in [0.5, 0.6) is 17.2 Å². The van der Waals surface area contributed by atoms with E-state index in [0.29, 0.717) is 60.3 Å². The molecule has 0 bridgehead atoms. The van der Waals surface area contributed by atoms with Crippen LogP contribution in [-0.2, 0) is 4.74 Å². The van der Waals surface area contributed by atoms with Crippen LogP contribution >= 0.6 is 12.4 Å². The Hall–Kier alpha value is -3.00. The van der Waals surface area contributed by atoms with Crippen LogP contribution in [0.25, 0.3) is 10.9 Å². The lowest BCUT2D eigenvalue weighted by Crippen LogP contribution is -2.50. The maximum absolute atomic E-state index is 12.2. The molecule has 0 radical (unpaired) electrons. The van der Waals surface area contributed by atoms with Crippen molar-refractivity contribution in [3.05, 3.63) is 6.07 Å². The van der Waals surface area contributed by atoms with E-state index < -0.39 is 11.7 Å². The molecule has 1 fully saturated rings. The minimum Gasteiger partial charge on any atom is -0.493 e. The number of aromatic nitrogens is 2. The van der Waals surface area contributed by atoms with Crippen LogP contribution in [0.4, 0.5) is 16.6 Å². The van der Waals surface area contributed by atoms with Crippen molar-refractivity contribution in [3.63, 3.8) is 0 Å². The molecular formula is C20H34ClN5O8. The molecule has 1 aromatic heterocycles. The lowest BCUT2D eigenvalue weighted by atomic mass is 10.2. The van der Waals surface area contributed by atoms with E-state index in [0.717, 1.165) is 0 Å². The molecule has 14 heteroatoms. The third-order valence-corrected chi connectivity index (χ3v) is 4.88. The summed E-state index contributed by atoms with van der Waals surface area (Å²) in [4.78, 5) is 24.8. The molecular weight excluding hydrogens is 474 g/mol. The second-order valence-electron chi connectivity index (χ2n) is 7.79. The van der Waals surface area contributed by atoms with E-state index >= 15 is 0 Å². The molecule has 194 valence electrons. The number of benzene rings is 1. The van der Waals surface area contributed by atoms with Gasteiger partial charge in [-0.15, -0.1) is 12.4 Å². The number of methoxy groups -OCH3 is 3. The third-order valence-electron chi connectivity index (χ3n) is 4.88. The summed E-state index contributed by atoms with van der Waals surface area (Å²) in [6, 6.07) is 1.71. The molecule has 0 spiro atoms. The molecule has 1 aliphatic rings.